The van der Waals surface area contributed by atoms with E-state index < -0.39 is 0 Å². The number of halogens is 1. The van der Waals surface area contributed by atoms with Gasteiger partial charge in [0, 0.05) is 23.0 Å². The fourth-order valence-electron chi connectivity index (χ4n) is 2.75. The first kappa shape index (κ1) is 18.0. The van der Waals surface area contributed by atoms with Crippen molar-refractivity contribution in [3.05, 3.63) is 78.2 Å². The van der Waals surface area contributed by atoms with Crippen LogP contribution in [0.2, 0.25) is 5.28 Å². The fraction of sp³-hybridized carbons (Fsp3) is 0.0952. The molecule has 6 nitrogen and oxygen atoms in total. The van der Waals surface area contributed by atoms with Crippen LogP contribution in [0.25, 0.3) is 16.8 Å². The van der Waals surface area contributed by atoms with Gasteiger partial charge in [-0.15, -0.1) is 15.3 Å². The van der Waals surface area contributed by atoms with Crippen molar-refractivity contribution in [3.63, 3.8) is 0 Å². The molecule has 0 saturated heterocycles. The third-order valence-corrected chi connectivity index (χ3v) is 4.46. The maximum Gasteiger partial charge on any atom is 0.246 e. The van der Waals surface area contributed by atoms with Crippen LogP contribution in [-0.4, -0.2) is 19.8 Å². The minimum atomic E-state index is 0.182. The number of benzene rings is 2. The predicted molar refractivity (Wildman–Crippen MR) is 111 cm³/mol. The molecule has 0 bridgehead atoms. The van der Waals surface area contributed by atoms with Gasteiger partial charge in [0.05, 0.1) is 0 Å². The Balaban J connectivity index is 1.74. The summed E-state index contributed by atoms with van der Waals surface area (Å²) in [6.45, 7) is 6.07. The first-order valence-corrected chi connectivity index (χ1v) is 9.22. The highest BCUT2D eigenvalue weighted by molar-refractivity contribution is 6.28. The van der Waals surface area contributed by atoms with Crippen LogP contribution < -0.4 is 10.1 Å². The molecule has 140 valence electrons. The normalized spacial score (nSPS) is 10.8. The Hall–Kier alpha value is -3.38. The van der Waals surface area contributed by atoms with Crippen molar-refractivity contribution in [1.82, 2.24) is 19.8 Å². The van der Waals surface area contributed by atoms with Gasteiger partial charge in [0.15, 0.2) is 5.65 Å². The van der Waals surface area contributed by atoms with Crippen LogP contribution in [0.3, 0.4) is 0 Å². The van der Waals surface area contributed by atoms with E-state index in [2.05, 4.69) is 34.1 Å². The second-order valence-electron chi connectivity index (χ2n) is 6.17. The number of allylic oxidation sites excluding steroid dienone is 1. The number of nitrogens with zero attached hydrogens (tertiary/aromatic N) is 4. The van der Waals surface area contributed by atoms with Crippen molar-refractivity contribution in [2.75, 3.05) is 5.32 Å². The van der Waals surface area contributed by atoms with E-state index in [-0.39, 0.29) is 5.28 Å². The van der Waals surface area contributed by atoms with Crippen LogP contribution in [0.1, 0.15) is 13.3 Å². The van der Waals surface area contributed by atoms with Crippen LogP contribution in [-0.2, 0) is 0 Å². The van der Waals surface area contributed by atoms with E-state index in [1.54, 1.807) is 12.1 Å². The molecule has 0 aliphatic heterocycles. The summed E-state index contributed by atoms with van der Waals surface area (Å²) in [5, 5.41) is 15.6. The minimum Gasteiger partial charge on any atom is -0.437 e. The Kier molecular flexibility index (Phi) is 4.95. The van der Waals surface area contributed by atoms with Gasteiger partial charge in [-0.3, -0.25) is 0 Å². The average Bonchev–Trinajstić information content (AvgIpc) is 3.10. The molecule has 0 aliphatic rings. The Bertz CT molecular complexity index is 1140. The number of hydrogen-bond donors (Lipinski definition) is 1. The molecule has 0 unspecified atom stereocenters. The molecular formula is C21H18ClN5O. The highest BCUT2D eigenvalue weighted by Gasteiger charge is 2.12. The van der Waals surface area contributed by atoms with Crippen LogP contribution in [0.15, 0.2) is 72.9 Å². The molecule has 4 rings (SSSR count). The molecule has 4 aromatic rings. The summed E-state index contributed by atoms with van der Waals surface area (Å²) in [6, 6.07) is 19.4. The zero-order valence-electron chi connectivity index (χ0n) is 15.3. The van der Waals surface area contributed by atoms with Gasteiger partial charge in [-0.05, 0) is 47.9 Å². The molecule has 2 aromatic heterocycles. The number of anilines is 1. The summed E-state index contributed by atoms with van der Waals surface area (Å²) >= 11 is 6.01. The first-order valence-electron chi connectivity index (χ1n) is 8.84. The zero-order valence-corrected chi connectivity index (χ0v) is 16.0. The molecule has 0 radical (unpaired) electrons. The Morgan fingerprint density at radius 2 is 1.93 bits per heavy atom. The molecule has 0 spiro atoms. The maximum absolute atomic E-state index is 6.09. The third-order valence-electron chi connectivity index (χ3n) is 4.23. The lowest BCUT2D eigenvalue weighted by Gasteiger charge is -2.14. The number of ether oxygens (including phenoxy) is 1. The van der Waals surface area contributed by atoms with Gasteiger partial charge < -0.3 is 10.1 Å². The molecule has 1 N–H and O–H groups in total. The van der Waals surface area contributed by atoms with E-state index >= 15 is 0 Å². The Morgan fingerprint density at radius 1 is 1.11 bits per heavy atom. The van der Waals surface area contributed by atoms with Crippen LogP contribution >= 0.6 is 11.6 Å². The van der Waals surface area contributed by atoms with E-state index in [4.69, 9.17) is 16.3 Å². The van der Waals surface area contributed by atoms with Gasteiger partial charge in [0.2, 0.25) is 11.2 Å². The number of hydrogen-bond acceptors (Lipinski definition) is 5. The maximum atomic E-state index is 6.09. The predicted octanol–water partition coefficient (Wildman–Crippen LogP) is 5.57. The standard InChI is InChI=1S/C21H18ClN5O/c1-3-14(2)23-16-9-10-18(17(13-16)15-7-5-4-6-8-15)28-20-12-11-19-24-25-21(22)27(19)26-20/h4-13,23H,2-3H2,1H3. The van der Waals surface area contributed by atoms with Crippen molar-refractivity contribution in [2.45, 2.75) is 13.3 Å². The lowest BCUT2D eigenvalue weighted by molar-refractivity contribution is 0.454. The summed E-state index contributed by atoms with van der Waals surface area (Å²) in [5.41, 5.74) is 4.42. The lowest BCUT2D eigenvalue weighted by atomic mass is 10.0. The van der Waals surface area contributed by atoms with Crippen molar-refractivity contribution < 1.29 is 4.74 Å². The van der Waals surface area contributed by atoms with Gasteiger partial charge in [0.1, 0.15) is 5.75 Å². The molecule has 0 atom stereocenters. The van der Waals surface area contributed by atoms with E-state index in [0.29, 0.717) is 17.3 Å². The van der Waals surface area contributed by atoms with Gasteiger partial charge >= 0.3 is 0 Å². The minimum absolute atomic E-state index is 0.182. The van der Waals surface area contributed by atoms with Crippen LogP contribution in [0.5, 0.6) is 11.6 Å². The van der Waals surface area contributed by atoms with E-state index in [0.717, 1.165) is 28.9 Å². The topological polar surface area (TPSA) is 64.3 Å². The second-order valence-corrected chi connectivity index (χ2v) is 6.51. The summed E-state index contributed by atoms with van der Waals surface area (Å²) in [6.07, 6.45) is 0.850. The van der Waals surface area contributed by atoms with Crippen LogP contribution in [0.4, 0.5) is 5.69 Å². The summed E-state index contributed by atoms with van der Waals surface area (Å²) < 4.78 is 7.52. The Labute approximate surface area is 167 Å². The molecule has 0 amide bonds. The lowest BCUT2D eigenvalue weighted by Crippen LogP contribution is -1.99. The summed E-state index contributed by atoms with van der Waals surface area (Å²) in [4.78, 5) is 0. The molecular weight excluding hydrogens is 374 g/mol. The van der Waals surface area contributed by atoms with E-state index in [9.17, 15) is 0 Å². The van der Waals surface area contributed by atoms with Gasteiger partial charge in [-0.2, -0.15) is 4.52 Å². The number of fused-ring (bicyclic) bond motifs is 1. The van der Waals surface area contributed by atoms with Crippen molar-refractivity contribution in [2.24, 2.45) is 0 Å². The van der Waals surface area contributed by atoms with Crippen LogP contribution in [0, 0.1) is 0 Å². The monoisotopic (exact) mass is 391 g/mol. The molecule has 7 heteroatoms. The first-order chi connectivity index (χ1) is 13.6. The SMILES string of the molecule is C=C(CC)Nc1ccc(Oc2ccc3nnc(Cl)n3n2)c(-c2ccccc2)c1. The fourth-order valence-corrected chi connectivity index (χ4v) is 2.91. The molecule has 2 heterocycles. The molecule has 0 saturated carbocycles. The molecule has 0 aliphatic carbocycles. The number of rotatable bonds is 6. The molecule has 28 heavy (non-hydrogen) atoms. The third kappa shape index (κ3) is 3.68. The summed E-state index contributed by atoms with van der Waals surface area (Å²) in [7, 11) is 0. The summed E-state index contributed by atoms with van der Waals surface area (Å²) in [5.74, 6) is 1.07. The smallest absolute Gasteiger partial charge is 0.246 e. The molecule has 0 fully saturated rings. The Morgan fingerprint density at radius 3 is 2.71 bits per heavy atom. The van der Waals surface area contributed by atoms with Gasteiger partial charge in [-0.1, -0.05) is 43.8 Å². The average molecular weight is 392 g/mol. The van der Waals surface area contributed by atoms with Crippen molar-refractivity contribution in [3.8, 4) is 22.8 Å². The number of aromatic nitrogens is 4. The van der Waals surface area contributed by atoms with E-state index in [1.165, 1.54) is 4.52 Å². The largest absolute Gasteiger partial charge is 0.437 e. The van der Waals surface area contributed by atoms with Crippen molar-refractivity contribution >= 4 is 22.9 Å². The van der Waals surface area contributed by atoms with Gasteiger partial charge in [0.25, 0.3) is 0 Å². The number of nitrogens with one attached hydrogen (secondary N) is 1. The highest BCUT2D eigenvalue weighted by atomic mass is 35.5. The quantitative estimate of drug-likeness (QED) is 0.465. The van der Waals surface area contributed by atoms with Gasteiger partial charge in [-0.25, -0.2) is 0 Å². The molecule has 2 aromatic carbocycles. The zero-order chi connectivity index (χ0) is 19.5. The second kappa shape index (κ2) is 7.70. The van der Waals surface area contributed by atoms with Crippen molar-refractivity contribution in [1.29, 1.82) is 0 Å². The highest BCUT2D eigenvalue weighted by Crippen LogP contribution is 2.35. The van der Waals surface area contributed by atoms with E-state index in [1.807, 2.05) is 48.5 Å².